The second-order valence-corrected chi connectivity index (χ2v) is 6.92. The average molecular weight is 354 g/mol. The van der Waals surface area contributed by atoms with Gasteiger partial charge in [0.2, 0.25) is 5.91 Å². The quantitative estimate of drug-likeness (QED) is 0.828. The van der Waals surface area contributed by atoms with E-state index in [2.05, 4.69) is 0 Å². The third kappa shape index (κ3) is 3.19. The highest BCUT2D eigenvalue weighted by atomic mass is 16.5. The number of para-hydroxylation sites is 2. The number of carbonyl (C=O) groups excluding carboxylic acids is 2. The van der Waals surface area contributed by atoms with Gasteiger partial charge in [0.05, 0.1) is 12.2 Å². The zero-order valence-corrected chi connectivity index (χ0v) is 15.0. The van der Waals surface area contributed by atoms with Gasteiger partial charge in [-0.3, -0.25) is 14.5 Å². The molecular formula is C20H22N2O4. The lowest BCUT2D eigenvalue weighted by Gasteiger charge is -2.34. The molecule has 2 heterocycles. The normalized spacial score (nSPS) is 19.1. The number of fused-ring (bicyclic) bond motifs is 1. The summed E-state index contributed by atoms with van der Waals surface area (Å²) in [7, 11) is 0. The first-order valence-corrected chi connectivity index (χ1v) is 8.95. The van der Waals surface area contributed by atoms with Gasteiger partial charge in [-0.05, 0) is 51.0 Å². The first-order chi connectivity index (χ1) is 12.5. The van der Waals surface area contributed by atoms with E-state index in [1.165, 1.54) is 4.90 Å². The highest BCUT2D eigenvalue weighted by Gasteiger charge is 2.37. The molecule has 26 heavy (non-hydrogen) atoms. The molecule has 136 valence electrons. The Morgan fingerprint density at radius 3 is 2.69 bits per heavy atom. The molecule has 0 radical (unpaired) electrons. The molecule has 0 saturated heterocycles. The van der Waals surface area contributed by atoms with E-state index < -0.39 is 6.10 Å². The Hall–Kier alpha value is -2.76. The van der Waals surface area contributed by atoms with Crippen LogP contribution in [0.4, 0.5) is 5.69 Å². The van der Waals surface area contributed by atoms with Gasteiger partial charge in [0, 0.05) is 6.04 Å². The molecule has 2 aromatic rings. The SMILES string of the molecule is Cc1ccc(CN(C(=O)CN2C(=O)C(C)Oc3ccccc32)C2CC2)o1. The molecule has 0 spiro atoms. The fraction of sp³-hybridized carbons (Fsp3) is 0.400. The number of furan rings is 1. The summed E-state index contributed by atoms with van der Waals surface area (Å²) in [5.41, 5.74) is 0.647. The summed E-state index contributed by atoms with van der Waals surface area (Å²) in [6, 6.07) is 11.4. The minimum absolute atomic E-state index is 0.0136. The van der Waals surface area contributed by atoms with Crippen LogP contribution in [0.25, 0.3) is 0 Å². The molecule has 2 amide bonds. The predicted molar refractivity (Wildman–Crippen MR) is 95.9 cm³/mol. The van der Waals surface area contributed by atoms with E-state index in [0.29, 0.717) is 18.0 Å². The molecule has 0 bridgehead atoms. The van der Waals surface area contributed by atoms with Crippen LogP contribution in [0.1, 0.15) is 31.3 Å². The van der Waals surface area contributed by atoms with E-state index in [4.69, 9.17) is 9.15 Å². The number of anilines is 1. The van der Waals surface area contributed by atoms with Crippen LogP contribution in [0.3, 0.4) is 0 Å². The van der Waals surface area contributed by atoms with Crippen LogP contribution in [-0.2, 0) is 16.1 Å². The number of hydrogen-bond donors (Lipinski definition) is 0. The fourth-order valence-electron chi connectivity index (χ4n) is 3.29. The molecule has 1 aliphatic carbocycles. The van der Waals surface area contributed by atoms with E-state index in [0.717, 1.165) is 24.4 Å². The molecule has 1 saturated carbocycles. The maximum absolute atomic E-state index is 13.0. The van der Waals surface area contributed by atoms with Crippen LogP contribution in [0.2, 0.25) is 0 Å². The Morgan fingerprint density at radius 1 is 1.23 bits per heavy atom. The van der Waals surface area contributed by atoms with Crippen molar-refractivity contribution in [3.05, 3.63) is 47.9 Å². The molecule has 6 heteroatoms. The molecule has 1 atom stereocenters. The van der Waals surface area contributed by atoms with Gasteiger partial charge in [-0.25, -0.2) is 0 Å². The van der Waals surface area contributed by atoms with Crippen LogP contribution in [0, 0.1) is 6.92 Å². The van der Waals surface area contributed by atoms with Crippen LogP contribution in [0.15, 0.2) is 40.8 Å². The van der Waals surface area contributed by atoms with Crippen molar-refractivity contribution in [1.82, 2.24) is 4.90 Å². The summed E-state index contributed by atoms with van der Waals surface area (Å²) in [5.74, 6) is 1.96. The first-order valence-electron chi connectivity index (χ1n) is 8.95. The maximum Gasteiger partial charge on any atom is 0.268 e. The lowest BCUT2D eigenvalue weighted by atomic mass is 10.2. The Labute approximate surface area is 152 Å². The second-order valence-electron chi connectivity index (χ2n) is 6.92. The number of benzene rings is 1. The van der Waals surface area contributed by atoms with Gasteiger partial charge in [0.1, 0.15) is 23.8 Å². The summed E-state index contributed by atoms with van der Waals surface area (Å²) in [4.78, 5) is 29.0. The van der Waals surface area contributed by atoms with Gasteiger partial charge >= 0.3 is 0 Å². The molecule has 1 aliphatic heterocycles. The van der Waals surface area contributed by atoms with E-state index >= 15 is 0 Å². The van der Waals surface area contributed by atoms with E-state index in [-0.39, 0.29) is 24.4 Å². The minimum Gasteiger partial charge on any atom is -0.479 e. The highest BCUT2D eigenvalue weighted by Crippen LogP contribution is 2.34. The molecule has 1 aromatic carbocycles. The van der Waals surface area contributed by atoms with Gasteiger partial charge in [0.15, 0.2) is 6.10 Å². The number of aryl methyl sites for hydroxylation is 1. The second kappa shape index (κ2) is 6.52. The van der Waals surface area contributed by atoms with Crippen molar-refractivity contribution >= 4 is 17.5 Å². The zero-order valence-electron chi connectivity index (χ0n) is 15.0. The van der Waals surface area contributed by atoms with Crippen LogP contribution < -0.4 is 9.64 Å². The first kappa shape index (κ1) is 16.7. The number of hydrogen-bond acceptors (Lipinski definition) is 4. The molecule has 6 nitrogen and oxygen atoms in total. The third-order valence-corrected chi connectivity index (χ3v) is 4.80. The lowest BCUT2D eigenvalue weighted by Crippen LogP contribution is -2.49. The number of rotatable bonds is 5. The summed E-state index contributed by atoms with van der Waals surface area (Å²) >= 11 is 0. The molecular weight excluding hydrogens is 332 g/mol. The van der Waals surface area contributed by atoms with Gasteiger partial charge in [-0.1, -0.05) is 12.1 Å². The van der Waals surface area contributed by atoms with Crippen molar-refractivity contribution in [2.45, 2.75) is 45.4 Å². The minimum atomic E-state index is -0.597. The van der Waals surface area contributed by atoms with Crippen molar-refractivity contribution in [1.29, 1.82) is 0 Å². The van der Waals surface area contributed by atoms with E-state index in [1.54, 1.807) is 6.92 Å². The van der Waals surface area contributed by atoms with Gasteiger partial charge in [-0.15, -0.1) is 0 Å². The third-order valence-electron chi connectivity index (χ3n) is 4.80. The van der Waals surface area contributed by atoms with Gasteiger partial charge in [-0.2, -0.15) is 0 Å². The van der Waals surface area contributed by atoms with Crippen molar-refractivity contribution in [2.24, 2.45) is 0 Å². The summed E-state index contributed by atoms with van der Waals surface area (Å²) < 4.78 is 11.3. The number of ether oxygens (including phenoxy) is 1. The van der Waals surface area contributed by atoms with E-state index in [1.807, 2.05) is 48.2 Å². The van der Waals surface area contributed by atoms with Crippen molar-refractivity contribution in [3.63, 3.8) is 0 Å². The van der Waals surface area contributed by atoms with Crippen LogP contribution in [-0.4, -0.2) is 35.4 Å². The summed E-state index contributed by atoms with van der Waals surface area (Å²) in [5, 5.41) is 0. The molecule has 1 aromatic heterocycles. The van der Waals surface area contributed by atoms with Crippen molar-refractivity contribution in [2.75, 3.05) is 11.4 Å². The average Bonchev–Trinajstić information content (AvgIpc) is 3.38. The Bertz CT molecular complexity index is 840. The predicted octanol–water partition coefficient (Wildman–Crippen LogP) is 2.89. The summed E-state index contributed by atoms with van der Waals surface area (Å²) in [6.07, 6.45) is 1.39. The van der Waals surface area contributed by atoms with Crippen molar-refractivity contribution in [3.8, 4) is 5.75 Å². The van der Waals surface area contributed by atoms with Crippen molar-refractivity contribution < 1.29 is 18.7 Å². The topological polar surface area (TPSA) is 63.0 Å². The Kier molecular flexibility index (Phi) is 4.18. The molecule has 4 rings (SSSR count). The summed E-state index contributed by atoms with van der Waals surface area (Å²) in [6.45, 7) is 4.05. The van der Waals surface area contributed by atoms with Gasteiger partial charge < -0.3 is 14.1 Å². The Morgan fingerprint density at radius 2 is 2.00 bits per heavy atom. The molecule has 2 aliphatic rings. The number of amides is 2. The van der Waals surface area contributed by atoms with Crippen LogP contribution in [0.5, 0.6) is 5.75 Å². The lowest BCUT2D eigenvalue weighted by molar-refractivity contribution is -0.134. The Balaban J connectivity index is 1.55. The number of nitrogens with zero attached hydrogens (tertiary/aromatic N) is 2. The standard InChI is InChI=1S/C20H22N2O4/c1-13-7-10-16(25-13)11-21(15-8-9-15)19(23)12-22-17-5-3-4-6-18(17)26-14(2)20(22)24/h3-7,10,14-15H,8-9,11-12H2,1-2H3. The largest absolute Gasteiger partial charge is 0.479 e. The fourth-order valence-corrected chi connectivity index (χ4v) is 3.29. The van der Waals surface area contributed by atoms with Crippen LogP contribution >= 0.6 is 0 Å². The molecule has 0 N–H and O–H groups in total. The highest BCUT2D eigenvalue weighted by molar-refractivity contribution is 6.03. The van der Waals surface area contributed by atoms with E-state index in [9.17, 15) is 9.59 Å². The van der Waals surface area contributed by atoms with Gasteiger partial charge in [0.25, 0.3) is 5.91 Å². The zero-order chi connectivity index (χ0) is 18.3. The molecule has 1 fully saturated rings. The monoisotopic (exact) mass is 354 g/mol. The maximum atomic E-state index is 13.0. The molecule has 1 unspecified atom stereocenters. The smallest absolute Gasteiger partial charge is 0.268 e. The number of carbonyl (C=O) groups is 2.